The van der Waals surface area contributed by atoms with E-state index in [4.69, 9.17) is 4.98 Å². The Bertz CT molecular complexity index is 1370. The summed E-state index contributed by atoms with van der Waals surface area (Å²) in [6.45, 7) is 5.97. The molecule has 4 aliphatic rings. The first-order valence-corrected chi connectivity index (χ1v) is 14.7. The van der Waals surface area contributed by atoms with Gasteiger partial charge in [0, 0.05) is 17.6 Å². The number of hydrogen-bond donors (Lipinski definition) is 1. The molecule has 36 heavy (non-hydrogen) atoms. The SMILES string of the molecule is O=c1nc2n(c3cccc(Br)c13)-c1cc(C3CCN(CC4CCNCC4)C3)ccc1C21CCCCC1. The predicted octanol–water partition coefficient (Wildman–Crippen LogP) is 5.50. The second kappa shape index (κ2) is 9.07. The molecule has 1 spiro atoms. The van der Waals surface area contributed by atoms with Gasteiger partial charge in [-0.05, 0) is 109 Å². The molecular weight excluding hydrogens is 512 g/mol. The van der Waals surface area contributed by atoms with Crippen molar-refractivity contribution in [1.82, 2.24) is 19.8 Å². The van der Waals surface area contributed by atoms with Crippen LogP contribution in [0.1, 0.15) is 74.2 Å². The Balaban J connectivity index is 1.30. The molecule has 2 saturated heterocycles. The Morgan fingerprint density at radius 2 is 1.89 bits per heavy atom. The molecule has 7 rings (SSSR count). The lowest BCUT2D eigenvalue weighted by atomic mass is 9.69. The third-order valence-corrected chi connectivity index (χ3v) is 10.2. The van der Waals surface area contributed by atoms with Crippen LogP contribution in [0.4, 0.5) is 0 Å². The molecule has 3 aromatic rings. The first-order chi connectivity index (χ1) is 17.6. The molecule has 0 radical (unpaired) electrons. The van der Waals surface area contributed by atoms with Crippen molar-refractivity contribution >= 4 is 26.8 Å². The van der Waals surface area contributed by atoms with E-state index in [9.17, 15) is 4.79 Å². The molecule has 1 saturated carbocycles. The average molecular weight is 548 g/mol. The molecule has 5 nitrogen and oxygen atoms in total. The lowest BCUT2D eigenvalue weighted by Gasteiger charge is -2.33. The van der Waals surface area contributed by atoms with Gasteiger partial charge in [-0.25, -0.2) is 0 Å². The standard InChI is InChI=1S/C30H35BrN4O/c31-24-5-4-6-25-27(24)28(36)33-29-30(12-2-1-3-13-30)23-8-7-21(17-26(23)35(25)29)22-11-16-34(19-22)18-20-9-14-32-15-10-20/h4-8,17,20,22,32H,1-3,9-16,18-19H2. The van der Waals surface area contributed by atoms with E-state index >= 15 is 0 Å². The molecule has 6 heteroatoms. The highest BCUT2D eigenvalue weighted by atomic mass is 79.9. The van der Waals surface area contributed by atoms with Crippen LogP contribution in [-0.2, 0) is 5.41 Å². The summed E-state index contributed by atoms with van der Waals surface area (Å²) in [6, 6.07) is 13.3. The van der Waals surface area contributed by atoms with Gasteiger partial charge in [-0.3, -0.25) is 9.36 Å². The van der Waals surface area contributed by atoms with Crippen LogP contribution in [0.25, 0.3) is 16.6 Å². The molecule has 1 aromatic heterocycles. The van der Waals surface area contributed by atoms with E-state index in [1.807, 2.05) is 12.1 Å². The Hall–Kier alpha value is -2.02. The van der Waals surface area contributed by atoms with Crippen molar-refractivity contribution in [2.24, 2.45) is 5.92 Å². The van der Waals surface area contributed by atoms with Crippen molar-refractivity contribution in [1.29, 1.82) is 0 Å². The third kappa shape index (κ3) is 3.63. The molecule has 3 fully saturated rings. The van der Waals surface area contributed by atoms with E-state index in [1.165, 1.54) is 81.5 Å². The zero-order valence-electron chi connectivity index (χ0n) is 20.9. The second-order valence-corrected chi connectivity index (χ2v) is 12.4. The zero-order chi connectivity index (χ0) is 24.3. The number of nitrogens with zero attached hydrogens (tertiary/aromatic N) is 3. The lowest BCUT2D eigenvalue weighted by Crippen LogP contribution is -2.35. The van der Waals surface area contributed by atoms with Gasteiger partial charge in [0.1, 0.15) is 5.82 Å². The molecule has 188 valence electrons. The summed E-state index contributed by atoms with van der Waals surface area (Å²) in [5.74, 6) is 2.40. The van der Waals surface area contributed by atoms with Gasteiger partial charge in [-0.2, -0.15) is 4.98 Å². The minimum Gasteiger partial charge on any atom is -0.317 e. The van der Waals surface area contributed by atoms with Gasteiger partial charge in [0.05, 0.1) is 22.0 Å². The summed E-state index contributed by atoms with van der Waals surface area (Å²) in [5, 5.41) is 4.20. The van der Waals surface area contributed by atoms with Crippen LogP contribution >= 0.6 is 15.9 Å². The molecular formula is C30H35BrN4O. The van der Waals surface area contributed by atoms with Crippen LogP contribution in [-0.4, -0.2) is 47.2 Å². The molecule has 1 unspecified atom stereocenters. The maximum absolute atomic E-state index is 13.2. The molecule has 0 bridgehead atoms. The quantitative estimate of drug-likeness (QED) is 0.471. The summed E-state index contributed by atoms with van der Waals surface area (Å²) in [7, 11) is 0. The fourth-order valence-electron chi connectivity index (χ4n) is 7.65. The Kier molecular flexibility index (Phi) is 5.83. The van der Waals surface area contributed by atoms with E-state index in [-0.39, 0.29) is 11.0 Å². The van der Waals surface area contributed by atoms with Crippen LogP contribution in [0, 0.1) is 5.92 Å². The fourth-order valence-corrected chi connectivity index (χ4v) is 8.18. The molecule has 1 aliphatic carbocycles. The van der Waals surface area contributed by atoms with E-state index in [2.05, 4.69) is 55.0 Å². The van der Waals surface area contributed by atoms with Crippen molar-refractivity contribution in [2.75, 3.05) is 32.7 Å². The highest BCUT2D eigenvalue weighted by Gasteiger charge is 2.46. The van der Waals surface area contributed by atoms with E-state index in [0.29, 0.717) is 11.3 Å². The summed E-state index contributed by atoms with van der Waals surface area (Å²) < 4.78 is 3.17. The summed E-state index contributed by atoms with van der Waals surface area (Å²) in [6.07, 6.45) is 9.69. The maximum atomic E-state index is 13.2. The van der Waals surface area contributed by atoms with Crippen LogP contribution in [0.15, 0.2) is 45.7 Å². The summed E-state index contributed by atoms with van der Waals surface area (Å²) in [4.78, 5) is 20.8. The number of piperidine rings is 1. The zero-order valence-corrected chi connectivity index (χ0v) is 22.5. The van der Waals surface area contributed by atoms with E-state index in [1.54, 1.807) is 0 Å². The van der Waals surface area contributed by atoms with Gasteiger partial charge < -0.3 is 10.2 Å². The topological polar surface area (TPSA) is 50.2 Å². The maximum Gasteiger partial charge on any atom is 0.281 e. The monoisotopic (exact) mass is 546 g/mol. The number of likely N-dealkylation sites (tertiary alicyclic amines) is 1. The highest BCUT2D eigenvalue weighted by Crippen LogP contribution is 2.52. The molecule has 1 N–H and O–H groups in total. The number of fused-ring (bicyclic) bond motifs is 7. The number of aromatic nitrogens is 2. The van der Waals surface area contributed by atoms with E-state index in [0.717, 1.165) is 41.1 Å². The lowest BCUT2D eigenvalue weighted by molar-refractivity contribution is 0.239. The Morgan fingerprint density at radius 1 is 1.06 bits per heavy atom. The third-order valence-electron chi connectivity index (χ3n) is 9.50. The molecule has 1 atom stereocenters. The van der Waals surface area contributed by atoms with Gasteiger partial charge in [0.15, 0.2) is 0 Å². The Labute approximate surface area is 221 Å². The number of benzene rings is 2. The first kappa shape index (κ1) is 23.1. The van der Waals surface area contributed by atoms with Gasteiger partial charge in [0.25, 0.3) is 5.56 Å². The Morgan fingerprint density at radius 3 is 2.72 bits per heavy atom. The van der Waals surface area contributed by atoms with Crippen molar-refractivity contribution in [3.8, 4) is 5.69 Å². The molecule has 4 heterocycles. The van der Waals surface area contributed by atoms with Crippen LogP contribution in [0.2, 0.25) is 0 Å². The van der Waals surface area contributed by atoms with Crippen LogP contribution in [0.3, 0.4) is 0 Å². The predicted molar refractivity (Wildman–Crippen MR) is 148 cm³/mol. The van der Waals surface area contributed by atoms with E-state index < -0.39 is 0 Å². The van der Waals surface area contributed by atoms with Gasteiger partial charge in [-0.1, -0.05) is 37.5 Å². The largest absolute Gasteiger partial charge is 0.317 e. The fraction of sp³-hybridized carbons (Fsp3) is 0.533. The van der Waals surface area contributed by atoms with Crippen LogP contribution in [0.5, 0.6) is 0 Å². The number of rotatable bonds is 3. The smallest absolute Gasteiger partial charge is 0.281 e. The number of nitrogens with one attached hydrogen (secondary N) is 1. The van der Waals surface area contributed by atoms with Crippen molar-refractivity contribution < 1.29 is 0 Å². The summed E-state index contributed by atoms with van der Waals surface area (Å²) >= 11 is 3.64. The number of hydrogen-bond acceptors (Lipinski definition) is 4. The van der Waals surface area contributed by atoms with Gasteiger partial charge >= 0.3 is 0 Å². The van der Waals surface area contributed by atoms with Crippen molar-refractivity contribution in [2.45, 2.75) is 62.7 Å². The summed E-state index contributed by atoms with van der Waals surface area (Å²) in [5.41, 5.74) is 4.84. The van der Waals surface area contributed by atoms with Crippen LogP contribution < -0.4 is 10.9 Å². The molecule has 2 aromatic carbocycles. The first-order valence-electron chi connectivity index (χ1n) is 13.9. The van der Waals surface area contributed by atoms with Gasteiger partial charge in [0.2, 0.25) is 0 Å². The average Bonchev–Trinajstić information content (AvgIpc) is 3.46. The number of halogens is 1. The minimum absolute atomic E-state index is 0.106. The van der Waals surface area contributed by atoms with Crippen molar-refractivity contribution in [3.05, 3.63) is 68.2 Å². The van der Waals surface area contributed by atoms with Gasteiger partial charge in [-0.15, -0.1) is 0 Å². The second-order valence-electron chi connectivity index (χ2n) is 11.6. The normalized spacial score (nSPS) is 23.9. The minimum atomic E-state index is -0.126. The molecule has 0 amide bonds. The molecule has 3 aliphatic heterocycles. The van der Waals surface area contributed by atoms with Crippen molar-refractivity contribution in [3.63, 3.8) is 0 Å². The highest BCUT2D eigenvalue weighted by molar-refractivity contribution is 9.10.